The van der Waals surface area contributed by atoms with Gasteiger partial charge in [0.25, 0.3) is 0 Å². The van der Waals surface area contributed by atoms with Gasteiger partial charge in [-0.25, -0.2) is 0 Å². The highest BCUT2D eigenvalue weighted by Gasteiger charge is 2.80. The zero-order valence-electron chi connectivity index (χ0n) is 10.9. The van der Waals surface area contributed by atoms with Crippen LogP contribution in [-0.4, -0.2) is 0 Å². The van der Waals surface area contributed by atoms with Crippen LogP contribution < -0.4 is 0 Å². The quantitative estimate of drug-likeness (QED) is 0.447. The first-order chi connectivity index (χ1) is 8.93. The molecular formula is C18H22. The molecule has 0 nitrogen and oxygen atoms in total. The van der Waals surface area contributed by atoms with Gasteiger partial charge in [-0.15, -0.1) is 0 Å². The maximum Gasteiger partial charge on any atom is -0.0194 e. The second-order valence-corrected chi connectivity index (χ2v) is 8.88. The van der Waals surface area contributed by atoms with Gasteiger partial charge in [0.2, 0.25) is 0 Å². The molecule has 6 saturated carbocycles. The molecule has 2 bridgehead atoms. The molecule has 7 aliphatic rings. The van der Waals surface area contributed by atoms with Gasteiger partial charge in [0, 0.05) is 0 Å². The Morgan fingerprint density at radius 1 is 0.500 bits per heavy atom. The van der Waals surface area contributed by atoms with Crippen LogP contribution in [0.3, 0.4) is 0 Å². The van der Waals surface area contributed by atoms with E-state index in [4.69, 9.17) is 0 Å². The average Bonchev–Trinajstić information content (AvgIpc) is 2.97. The van der Waals surface area contributed by atoms with Gasteiger partial charge >= 0.3 is 0 Å². The smallest absolute Gasteiger partial charge is 0.0194 e. The highest BCUT2D eigenvalue weighted by molar-refractivity contribution is 5.29. The molecule has 6 fully saturated rings. The van der Waals surface area contributed by atoms with Crippen molar-refractivity contribution in [3.05, 3.63) is 12.2 Å². The van der Waals surface area contributed by atoms with Crippen LogP contribution in [0.15, 0.2) is 12.2 Å². The number of hydrogen-bond acceptors (Lipinski definition) is 0. The maximum atomic E-state index is 2.62. The van der Waals surface area contributed by atoms with Crippen molar-refractivity contribution in [1.82, 2.24) is 0 Å². The standard InChI is InChI=1S/C18H22/c1-2-8-5-7(1)11-6-12-16(13(8)11)18-15-10-4-3-9(10)14(15)17(12)18/h1-2,7-18H,3-6H2. The average molecular weight is 238 g/mol. The van der Waals surface area contributed by atoms with Gasteiger partial charge in [-0.1, -0.05) is 12.2 Å². The van der Waals surface area contributed by atoms with E-state index in [1.165, 1.54) is 53.3 Å². The first-order valence-corrected chi connectivity index (χ1v) is 8.62. The van der Waals surface area contributed by atoms with Gasteiger partial charge in [-0.05, 0) is 96.7 Å². The summed E-state index contributed by atoms with van der Waals surface area (Å²) in [6.07, 6.45) is 11.7. The Labute approximate surface area is 109 Å². The van der Waals surface area contributed by atoms with Crippen molar-refractivity contribution in [3.63, 3.8) is 0 Å². The summed E-state index contributed by atoms with van der Waals surface area (Å²) >= 11 is 0. The molecule has 0 aromatic heterocycles. The molecule has 0 heteroatoms. The highest BCUT2D eigenvalue weighted by Crippen LogP contribution is 2.84. The van der Waals surface area contributed by atoms with Crippen LogP contribution >= 0.6 is 0 Å². The normalized spacial score (nSPS) is 79.1. The van der Waals surface area contributed by atoms with Crippen molar-refractivity contribution in [2.24, 2.45) is 71.0 Å². The molecule has 0 spiro atoms. The molecule has 0 radical (unpaired) electrons. The van der Waals surface area contributed by atoms with Gasteiger partial charge in [-0.3, -0.25) is 0 Å². The summed E-state index contributed by atoms with van der Waals surface area (Å²) in [5, 5.41) is 0. The molecule has 0 aromatic carbocycles. The van der Waals surface area contributed by atoms with Crippen molar-refractivity contribution >= 4 is 0 Å². The number of rotatable bonds is 0. The molecule has 12 unspecified atom stereocenters. The largest absolute Gasteiger partial charge is 0.0848 e. The molecule has 0 saturated heterocycles. The van der Waals surface area contributed by atoms with Crippen LogP contribution in [0.1, 0.15) is 25.7 Å². The lowest BCUT2D eigenvalue weighted by Gasteiger charge is -2.81. The highest BCUT2D eigenvalue weighted by atomic mass is 14.8. The van der Waals surface area contributed by atoms with E-state index >= 15 is 0 Å². The predicted molar refractivity (Wildman–Crippen MR) is 69.5 cm³/mol. The number of fused-ring (bicyclic) bond motifs is 16. The van der Waals surface area contributed by atoms with Crippen molar-refractivity contribution < 1.29 is 0 Å². The monoisotopic (exact) mass is 238 g/mol. The van der Waals surface area contributed by atoms with E-state index < -0.39 is 0 Å². The molecule has 7 aliphatic carbocycles. The van der Waals surface area contributed by atoms with E-state index in [-0.39, 0.29) is 0 Å². The summed E-state index contributed by atoms with van der Waals surface area (Å²) in [5.74, 6) is 14.3. The van der Waals surface area contributed by atoms with Gasteiger partial charge in [0.1, 0.15) is 0 Å². The summed E-state index contributed by atoms with van der Waals surface area (Å²) in [6, 6.07) is 0. The van der Waals surface area contributed by atoms with E-state index in [0.717, 1.165) is 17.8 Å². The summed E-state index contributed by atoms with van der Waals surface area (Å²) in [4.78, 5) is 0. The molecule has 0 amide bonds. The molecular weight excluding hydrogens is 216 g/mol. The van der Waals surface area contributed by atoms with Crippen molar-refractivity contribution in [2.75, 3.05) is 0 Å². The van der Waals surface area contributed by atoms with Crippen LogP contribution in [0.5, 0.6) is 0 Å². The van der Waals surface area contributed by atoms with Crippen LogP contribution in [0.4, 0.5) is 0 Å². The molecule has 7 rings (SSSR count). The third-order valence-corrected chi connectivity index (χ3v) is 9.26. The molecule has 0 aromatic rings. The van der Waals surface area contributed by atoms with E-state index in [2.05, 4.69) is 12.2 Å². The molecule has 0 N–H and O–H groups in total. The fourth-order valence-electron chi connectivity index (χ4n) is 8.90. The van der Waals surface area contributed by atoms with Crippen LogP contribution in [0.2, 0.25) is 0 Å². The Balaban J connectivity index is 1.29. The molecule has 94 valence electrons. The summed E-state index contributed by atoms with van der Waals surface area (Å²) in [5.41, 5.74) is 0. The lowest BCUT2D eigenvalue weighted by atomic mass is 9.24. The molecule has 12 atom stereocenters. The fraction of sp³-hybridized carbons (Fsp3) is 0.889. The maximum absolute atomic E-state index is 2.62. The minimum absolute atomic E-state index is 1.03. The Hall–Kier alpha value is -0.260. The van der Waals surface area contributed by atoms with Gasteiger partial charge in [0.15, 0.2) is 0 Å². The van der Waals surface area contributed by atoms with Gasteiger partial charge < -0.3 is 0 Å². The lowest BCUT2D eigenvalue weighted by Crippen LogP contribution is -2.77. The Kier molecular flexibility index (Phi) is 1.17. The second-order valence-electron chi connectivity index (χ2n) is 8.88. The number of allylic oxidation sites excluding steroid dienone is 2. The van der Waals surface area contributed by atoms with E-state index in [0.29, 0.717) is 0 Å². The van der Waals surface area contributed by atoms with Gasteiger partial charge in [0.05, 0.1) is 0 Å². The Morgan fingerprint density at radius 3 is 2.00 bits per heavy atom. The topological polar surface area (TPSA) is 0 Å². The zero-order valence-corrected chi connectivity index (χ0v) is 10.9. The zero-order chi connectivity index (χ0) is 11.2. The van der Waals surface area contributed by atoms with Crippen molar-refractivity contribution in [1.29, 1.82) is 0 Å². The minimum Gasteiger partial charge on any atom is -0.0848 e. The molecule has 0 aliphatic heterocycles. The van der Waals surface area contributed by atoms with E-state index in [1.807, 2.05) is 0 Å². The molecule has 0 heterocycles. The Morgan fingerprint density at radius 2 is 1.17 bits per heavy atom. The third-order valence-electron chi connectivity index (χ3n) is 9.26. The van der Waals surface area contributed by atoms with Gasteiger partial charge in [-0.2, -0.15) is 0 Å². The summed E-state index contributed by atoms with van der Waals surface area (Å²) in [6.45, 7) is 0. The Bertz CT molecular complexity index is 490. The number of hydrogen-bond donors (Lipinski definition) is 0. The first kappa shape index (κ1) is 8.82. The minimum atomic E-state index is 1.03. The third kappa shape index (κ3) is 0.629. The lowest BCUT2D eigenvalue weighted by molar-refractivity contribution is -0.337. The van der Waals surface area contributed by atoms with Crippen LogP contribution in [0.25, 0.3) is 0 Å². The van der Waals surface area contributed by atoms with E-state index in [1.54, 1.807) is 25.7 Å². The van der Waals surface area contributed by atoms with Crippen molar-refractivity contribution in [2.45, 2.75) is 25.7 Å². The SMILES string of the molecule is C1=CC2CC1C1CC3C(C21)C1C2C4CCC4C2C31. The molecule has 18 heavy (non-hydrogen) atoms. The van der Waals surface area contributed by atoms with Crippen LogP contribution in [0, 0.1) is 71.0 Å². The van der Waals surface area contributed by atoms with E-state index in [9.17, 15) is 0 Å². The second kappa shape index (κ2) is 2.38. The van der Waals surface area contributed by atoms with Crippen LogP contribution in [-0.2, 0) is 0 Å². The predicted octanol–water partition coefficient (Wildman–Crippen LogP) is 3.59. The fourth-order valence-corrected chi connectivity index (χ4v) is 8.90. The summed E-state index contributed by atoms with van der Waals surface area (Å²) in [7, 11) is 0. The summed E-state index contributed by atoms with van der Waals surface area (Å²) < 4.78 is 0. The van der Waals surface area contributed by atoms with Crippen molar-refractivity contribution in [3.8, 4) is 0 Å². The first-order valence-electron chi connectivity index (χ1n) is 8.62.